The SMILES string of the molecule is N=NN=PI. The first-order chi connectivity index (χ1) is 2.41. The predicted molar refractivity (Wildman–Crippen MR) is 28.5 cm³/mol. The molecule has 0 aliphatic heterocycles. The Bertz CT molecular complexity index is 48.9. The lowest BCUT2D eigenvalue weighted by atomic mass is 12.8. The van der Waals surface area contributed by atoms with E-state index in [9.17, 15) is 0 Å². The Morgan fingerprint density at radius 1 is 1.80 bits per heavy atom. The van der Waals surface area contributed by atoms with E-state index in [4.69, 9.17) is 5.53 Å². The number of hydrogen-bond donors (Lipinski definition) is 1. The zero-order valence-electron chi connectivity index (χ0n) is 2.22. The standard InChI is InChI=1S/HIN3P/c1-5-4-3-2/h2H. The fraction of sp³-hybridized carbons (Fsp3) is 0. The van der Waals surface area contributed by atoms with Crippen LogP contribution in [-0.2, 0) is 0 Å². The molecule has 0 unspecified atom stereocenters. The van der Waals surface area contributed by atoms with Crippen molar-refractivity contribution >= 4 is 28.1 Å². The lowest BCUT2D eigenvalue weighted by Gasteiger charge is -1.52. The highest BCUT2D eigenvalue weighted by atomic mass is 127. The molecule has 0 aromatic rings. The van der Waals surface area contributed by atoms with Gasteiger partial charge in [-0.25, -0.2) is 0 Å². The van der Waals surface area contributed by atoms with Gasteiger partial charge < -0.3 is 0 Å². The first kappa shape index (κ1) is 5.43. The van der Waals surface area contributed by atoms with Gasteiger partial charge in [0.1, 0.15) is 6.02 Å². The molecule has 0 aromatic carbocycles. The Morgan fingerprint density at radius 2 is 2.40 bits per heavy atom. The van der Waals surface area contributed by atoms with Crippen LogP contribution < -0.4 is 0 Å². The van der Waals surface area contributed by atoms with Crippen LogP contribution in [0.15, 0.2) is 10.1 Å². The van der Waals surface area contributed by atoms with E-state index in [1.165, 1.54) is 0 Å². The summed E-state index contributed by atoms with van der Waals surface area (Å²) in [6, 6.07) is 0.771. The van der Waals surface area contributed by atoms with Crippen LogP contribution in [0.2, 0.25) is 0 Å². The topological polar surface area (TPSA) is 48.6 Å². The molecule has 0 aliphatic carbocycles. The summed E-state index contributed by atoms with van der Waals surface area (Å²) in [6.07, 6.45) is 0. The molecule has 0 saturated carbocycles. The Morgan fingerprint density at radius 3 is 2.40 bits per heavy atom. The molecule has 0 aromatic heterocycles. The Kier molecular flexibility index (Phi) is 4.81. The third-order valence-corrected chi connectivity index (χ3v) is 0.815. The molecule has 5 heavy (non-hydrogen) atoms. The molecular weight excluding hydrogens is 200 g/mol. The summed E-state index contributed by atoms with van der Waals surface area (Å²) >= 11 is 1.98. The summed E-state index contributed by atoms with van der Waals surface area (Å²) in [6.45, 7) is 0. The molecule has 0 heterocycles. The summed E-state index contributed by atoms with van der Waals surface area (Å²) < 4.78 is 0. The average Bonchev–Trinajstić information content (AvgIpc) is 1.41. The second-order valence-corrected chi connectivity index (χ2v) is 1.89. The van der Waals surface area contributed by atoms with Crippen molar-refractivity contribution in [1.29, 1.82) is 5.53 Å². The van der Waals surface area contributed by atoms with Gasteiger partial charge in [0, 0.05) is 22.0 Å². The number of rotatable bonds is 1. The highest BCUT2D eigenvalue weighted by Crippen LogP contribution is 2.08. The monoisotopic (exact) mass is 201 g/mol. The van der Waals surface area contributed by atoms with Gasteiger partial charge in [-0.3, -0.25) is 0 Å². The van der Waals surface area contributed by atoms with E-state index in [0.29, 0.717) is 0 Å². The summed E-state index contributed by atoms with van der Waals surface area (Å²) in [4.78, 5) is 3.22. The molecule has 5 heteroatoms. The molecule has 1 N–H and O–H groups in total. The molecule has 0 spiro atoms. The van der Waals surface area contributed by atoms with Crippen LogP contribution in [0.3, 0.4) is 0 Å². The molecular formula is HIN3P. The van der Waals surface area contributed by atoms with E-state index in [0.717, 1.165) is 6.02 Å². The van der Waals surface area contributed by atoms with Crippen LogP contribution in [-0.4, -0.2) is 0 Å². The van der Waals surface area contributed by atoms with Crippen molar-refractivity contribution < 1.29 is 0 Å². The Labute approximate surface area is 44.0 Å². The second kappa shape index (κ2) is 4.43. The lowest BCUT2D eigenvalue weighted by molar-refractivity contribution is 1.01. The zero-order valence-corrected chi connectivity index (χ0v) is 5.27. The third-order valence-electron chi connectivity index (χ3n) is 0.0785. The van der Waals surface area contributed by atoms with E-state index >= 15 is 0 Å². The predicted octanol–water partition coefficient (Wildman–Crippen LogP) is 2.41. The van der Waals surface area contributed by atoms with Gasteiger partial charge in [0.15, 0.2) is 0 Å². The minimum atomic E-state index is 0.771. The van der Waals surface area contributed by atoms with Gasteiger partial charge in [0.25, 0.3) is 0 Å². The summed E-state index contributed by atoms with van der Waals surface area (Å²) in [5, 5.41) is 2.71. The first-order valence-corrected chi connectivity index (χ1v) is 4.43. The molecule has 0 bridgehead atoms. The van der Waals surface area contributed by atoms with Crippen LogP contribution in [0.4, 0.5) is 0 Å². The van der Waals surface area contributed by atoms with Crippen molar-refractivity contribution in [3.05, 3.63) is 0 Å². The average molecular weight is 201 g/mol. The fourth-order valence-corrected chi connectivity index (χ4v) is 0.340. The largest absolute Gasteiger partial charge is 0.184 e. The van der Waals surface area contributed by atoms with Crippen LogP contribution >= 0.6 is 28.1 Å². The molecule has 0 atom stereocenters. The lowest BCUT2D eigenvalue weighted by Crippen LogP contribution is -1.18. The quantitative estimate of drug-likeness (QED) is 0.293. The molecule has 0 radical (unpaired) electrons. The van der Waals surface area contributed by atoms with Gasteiger partial charge in [-0.05, 0) is 5.22 Å². The molecule has 28 valence electrons. The maximum atomic E-state index is 6.05. The summed E-state index contributed by atoms with van der Waals surface area (Å²) in [5.74, 6) is 0. The van der Waals surface area contributed by atoms with Crippen molar-refractivity contribution in [2.24, 2.45) is 10.1 Å². The fourth-order valence-electron chi connectivity index (χ4n) is 0.0169. The molecule has 0 rings (SSSR count). The highest BCUT2D eigenvalue weighted by molar-refractivity contribution is 14.2. The van der Waals surface area contributed by atoms with Gasteiger partial charge in [-0.2, -0.15) is 5.53 Å². The van der Waals surface area contributed by atoms with Gasteiger partial charge in [-0.15, -0.1) is 4.85 Å². The van der Waals surface area contributed by atoms with Crippen LogP contribution in [0.25, 0.3) is 0 Å². The number of nitrogens with zero attached hydrogens (tertiary/aromatic N) is 2. The number of nitrogens with one attached hydrogen (secondary N) is 1. The van der Waals surface area contributed by atoms with Gasteiger partial charge in [-0.1, -0.05) is 0 Å². The van der Waals surface area contributed by atoms with Crippen LogP contribution in [0, 0.1) is 5.53 Å². The normalized spacial score (nSPS) is 9.00. The van der Waals surface area contributed by atoms with Crippen molar-refractivity contribution in [2.75, 3.05) is 0 Å². The second-order valence-electron chi connectivity index (χ2n) is 0.265. The van der Waals surface area contributed by atoms with Crippen molar-refractivity contribution in [1.82, 2.24) is 0 Å². The third kappa shape index (κ3) is 4.43. The zero-order chi connectivity index (χ0) is 4.12. The van der Waals surface area contributed by atoms with E-state index in [2.05, 4.69) is 10.1 Å². The molecule has 0 amide bonds. The summed E-state index contributed by atoms with van der Waals surface area (Å²) in [7, 11) is 0. The minimum absolute atomic E-state index is 0.771. The van der Waals surface area contributed by atoms with Crippen molar-refractivity contribution in [3.63, 3.8) is 0 Å². The summed E-state index contributed by atoms with van der Waals surface area (Å²) in [5.41, 5.74) is 6.05. The molecule has 0 fully saturated rings. The Balaban J connectivity index is 2.92. The smallest absolute Gasteiger partial charge is 0.110 e. The van der Waals surface area contributed by atoms with E-state index in [-0.39, 0.29) is 0 Å². The first-order valence-electron chi connectivity index (χ1n) is 0.793. The molecule has 0 saturated heterocycles. The number of halogens is 1. The maximum Gasteiger partial charge on any atom is 0.110 e. The highest BCUT2D eigenvalue weighted by Gasteiger charge is 1.47. The van der Waals surface area contributed by atoms with Crippen molar-refractivity contribution in [3.8, 4) is 0 Å². The van der Waals surface area contributed by atoms with E-state index < -0.39 is 0 Å². The van der Waals surface area contributed by atoms with E-state index in [1.54, 1.807) is 0 Å². The van der Waals surface area contributed by atoms with Crippen molar-refractivity contribution in [2.45, 2.75) is 0 Å². The van der Waals surface area contributed by atoms with Gasteiger partial charge in [0.05, 0.1) is 0 Å². The number of hydrogen-bond acceptors (Lipinski definition) is 1. The maximum absolute atomic E-state index is 6.05. The molecule has 3 nitrogen and oxygen atoms in total. The van der Waals surface area contributed by atoms with Gasteiger partial charge >= 0.3 is 0 Å². The Hall–Kier alpha value is 0.430. The minimum Gasteiger partial charge on any atom is -0.184 e. The molecule has 0 aliphatic rings. The van der Waals surface area contributed by atoms with Gasteiger partial charge in [0.2, 0.25) is 0 Å². The van der Waals surface area contributed by atoms with E-state index in [1.807, 2.05) is 22.0 Å². The van der Waals surface area contributed by atoms with Crippen LogP contribution in [0.5, 0.6) is 0 Å². The van der Waals surface area contributed by atoms with Crippen LogP contribution in [0.1, 0.15) is 0 Å².